The fourth-order valence-corrected chi connectivity index (χ4v) is 2.70. The smallest absolute Gasteiger partial charge is 0.114 e. The van der Waals surface area contributed by atoms with Crippen molar-refractivity contribution in [1.29, 1.82) is 0 Å². The molecule has 3 rings (SSSR count). The van der Waals surface area contributed by atoms with Crippen LogP contribution in [-0.2, 0) is 13.0 Å². The topological polar surface area (TPSA) is 43.8 Å². The van der Waals surface area contributed by atoms with Gasteiger partial charge in [-0.25, -0.2) is 4.98 Å². The van der Waals surface area contributed by atoms with Crippen LogP contribution in [0.15, 0.2) is 48.5 Å². The number of anilines is 1. The lowest BCUT2D eigenvalue weighted by Gasteiger charge is -2.08. The summed E-state index contributed by atoms with van der Waals surface area (Å²) in [6, 6.07) is 16.5. The third-order valence-corrected chi connectivity index (χ3v) is 3.83. The average molecular weight is 279 g/mol. The van der Waals surface area contributed by atoms with Crippen molar-refractivity contribution in [3.8, 4) is 0 Å². The Labute approximate surface area is 125 Å². The van der Waals surface area contributed by atoms with Crippen LogP contribution in [0.4, 0.5) is 5.69 Å². The molecule has 0 amide bonds. The Morgan fingerprint density at radius 3 is 2.62 bits per heavy atom. The zero-order valence-corrected chi connectivity index (χ0v) is 12.4. The summed E-state index contributed by atoms with van der Waals surface area (Å²) >= 11 is 0. The fourth-order valence-electron chi connectivity index (χ4n) is 2.70. The minimum absolute atomic E-state index is 0.761. The lowest BCUT2D eigenvalue weighted by molar-refractivity contribution is 0.623. The molecule has 108 valence electrons. The van der Waals surface area contributed by atoms with Crippen LogP contribution in [0.2, 0.25) is 0 Å². The van der Waals surface area contributed by atoms with Crippen LogP contribution in [0.25, 0.3) is 11.0 Å². The zero-order chi connectivity index (χ0) is 14.7. The Morgan fingerprint density at radius 1 is 1.05 bits per heavy atom. The van der Waals surface area contributed by atoms with Crippen molar-refractivity contribution < 1.29 is 0 Å². The number of benzene rings is 2. The summed E-state index contributed by atoms with van der Waals surface area (Å²) in [4.78, 5) is 4.80. The highest BCUT2D eigenvalue weighted by molar-refractivity contribution is 5.87. The van der Waals surface area contributed by atoms with Gasteiger partial charge in [0.25, 0.3) is 0 Å². The summed E-state index contributed by atoms with van der Waals surface area (Å²) in [5, 5.41) is 0. The molecule has 0 atom stereocenters. The number of hydrogen-bond acceptors (Lipinski definition) is 2. The molecule has 0 saturated heterocycles. The van der Waals surface area contributed by atoms with Crippen LogP contribution < -0.4 is 5.73 Å². The van der Waals surface area contributed by atoms with Gasteiger partial charge in [0.1, 0.15) is 11.3 Å². The number of hydrogen-bond donors (Lipinski definition) is 1. The van der Waals surface area contributed by atoms with Crippen LogP contribution in [0.3, 0.4) is 0 Å². The van der Waals surface area contributed by atoms with Gasteiger partial charge >= 0.3 is 0 Å². The molecular weight excluding hydrogens is 258 g/mol. The van der Waals surface area contributed by atoms with Gasteiger partial charge in [0.2, 0.25) is 0 Å². The van der Waals surface area contributed by atoms with E-state index in [1.54, 1.807) is 0 Å². The number of unbranched alkanes of at least 4 members (excludes halogenated alkanes) is 1. The Bertz CT molecular complexity index is 729. The van der Waals surface area contributed by atoms with Gasteiger partial charge in [-0.2, -0.15) is 0 Å². The molecule has 1 heterocycles. The Morgan fingerprint density at radius 2 is 1.86 bits per heavy atom. The molecule has 0 bridgehead atoms. The van der Waals surface area contributed by atoms with Gasteiger partial charge in [-0.15, -0.1) is 0 Å². The number of nitrogen functional groups attached to an aromatic ring is 1. The minimum atomic E-state index is 0.761. The molecule has 2 N–H and O–H groups in total. The molecule has 3 aromatic rings. The van der Waals surface area contributed by atoms with Crippen molar-refractivity contribution in [2.75, 3.05) is 5.73 Å². The van der Waals surface area contributed by atoms with E-state index in [0.717, 1.165) is 41.9 Å². The Balaban J connectivity index is 2.05. The van der Waals surface area contributed by atoms with E-state index in [9.17, 15) is 0 Å². The first-order chi connectivity index (χ1) is 10.3. The van der Waals surface area contributed by atoms with Crippen LogP contribution >= 0.6 is 0 Å². The molecule has 1 aromatic heterocycles. The van der Waals surface area contributed by atoms with Crippen molar-refractivity contribution in [1.82, 2.24) is 9.55 Å². The van der Waals surface area contributed by atoms with Crippen molar-refractivity contribution in [3.05, 3.63) is 59.9 Å². The number of nitrogens with two attached hydrogens (primary N) is 1. The SMILES string of the molecule is CCCCn1c(Cc2ccccc2)nc2c(N)cccc21. The highest BCUT2D eigenvalue weighted by Crippen LogP contribution is 2.23. The van der Waals surface area contributed by atoms with Gasteiger partial charge in [-0.1, -0.05) is 49.7 Å². The molecule has 0 unspecified atom stereocenters. The normalized spacial score (nSPS) is 11.1. The van der Waals surface area contributed by atoms with Crippen molar-refractivity contribution in [2.45, 2.75) is 32.7 Å². The van der Waals surface area contributed by atoms with E-state index in [4.69, 9.17) is 10.7 Å². The number of rotatable bonds is 5. The Kier molecular flexibility index (Phi) is 3.91. The van der Waals surface area contributed by atoms with E-state index in [-0.39, 0.29) is 0 Å². The molecule has 3 nitrogen and oxygen atoms in total. The van der Waals surface area contributed by atoms with Crippen LogP contribution in [-0.4, -0.2) is 9.55 Å². The molecule has 21 heavy (non-hydrogen) atoms. The number of fused-ring (bicyclic) bond motifs is 1. The number of aryl methyl sites for hydroxylation is 1. The predicted octanol–water partition coefficient (Wildman–Crippen LogP) is 4.01. The highest BCUT2D eigenvalue weighted by atomic mass is 15.1. The quantitative estimate of drug-likeness (QED) is 0.717. The van der Waals surface area contributed by atoms with Crippen LogP contribution in [0, 0.1) is 0 Å². The number of nitrogens with zero attached hydrogens (tertiary/aromatic N) is 2. The first-order valence-corrected chi connectivity index (χ1v) is 7.57. The molecule has 0 fully saturated rings. The Hall–Kier alpha value is -2.29. The highest BCUT2D eigenvalue weighted by Gasteiger charge is 2.12. The molecule has 3 heteroatoms. The van der Waals surface area contributed by atoms with Gasteiger partial charge in [0, 0.05) is 13.0 Å². The summed E-state index contributed by atoms with van der Waals surface area (Å²) in [6.07, 6.45) is 3.17. The summed E-state index contributed by atoms with van der Waals surface area (Å²) in [6.45, 7) is 3.21. The molecule has 0 saturated carbocycles. The molecule has 0 aliphatic rings. The second-order valence-corrected chi connectivity index (χ2v) is 5.41. The van der Waals surface area contributed by atoms with Crippen LogP contribution in [0.1, 0.15) is 31.2 Å². The van der Waals surface area contributed by atoms with Gasteiger partial charge in [-0.3, -0.25) is 0 Å². The molecule has 2 aromatic carbocycles. The average Bonchev–Trinajstić information content (AvgIpc) is 2.85. The summed E-state index contributed by atoms with van der Waals surface area (Å²) in [7, 11) is 0. The maximum atomic E-state index is 6.08. The second-order valence-electron chi connectivity index (χ2n) is 5.41. The third kappa shape index (κ3) is 2.77. The summed E-state index contributed by atoms with van der Waals surface area (Å²) in [5.41, 5.74) is 10.2. The summed E-state index contributed by atoms with van der Waals surface area (Å²) < 4.78 is 2.32. The van der Waals surface area contributed by atoms with Crippen molar-refractivity contribution >= 4 is 16.7 Å². The lowest BCUT2D eigenvalue weighted by atomic mass is 10.1. The van der Waals surface area contributed by atoms with E-state index >= 15 is 0 Å². The van der Waals surface area contributed by atoms with Gasteiger partial charge in [0.05, 0.1) is 11.2 Å². The van der Waals surface area contributed by atoms with Crippen LogP contribution in [0.5, 0.6) is 0 Å². The number of aromatic nitrogens is 2. The fraction of sp³-hybridized carbons (Fsp3) is 0.278. The first kappa shape index (κ1) is 13.7. The van der Waals surface area contributed by atoms with E-state index in [1.807, 2.05) is 18.2 Å². The summed E-state index contributed by atoms with van der Waals surface area (Å²) in [5.74, 6) is 1.10. The molecule has 0 radical (unpaired) electrons. The zero-order valence-electron chi connectivity index (χ0n) is 12.4. The third-order valence-electron chi connectivity index (χ3n) is 3.83. The van der Waals surface area contributed by atoms with Crippen molar-refractivity contribution in [3.63, 3.8) is 0 Å². The largest absolute Gasteiger partial charge is 0.397 e. The van der Waals surface area contributed by atoms with Gasteiger partial charge in [0.15, 0.2) is 0 Å². The maximum absolute atomic E-state index is 6.08. The number of para-hydroxylation sites is 1. The van der Waals surface area contributed by atoms with E-state index in [1.165, 1.54) is 12.0 Å². The molecular formula is C18H21N3. The van der Waals surface area contributed by atoms with E-state index in [2.05, 4.69) is 41.8 Å². The number of imidazole rings is 1. The standard InChI is InChI=1S/C18H21N3/c1-2-3-12-21-16-11-7-10-15(19)18(16)20-17(21)13-14-8-5-4-6-9-14/h4-11H,2-3,12-13,19H2,1H3. The lowest BCUT2D eigenvalue weighted by Crippen LogP contribution is -2.04. The monoisotopic (exact) mass is 279 g/mol. The van der Waals surface area contributed by atoms with E-state index in [0.29, 0.717) is 0 Å². The molecule has 0 aliphatic carbocycles. The minimum Gasteiger partial charge on any atom is -0.397 e. The predicted molar refractivity (Wildman–Crippen MR) is 88.3 cm³/mol. The molecule has 0 aliphatic heterocycles. The first-order valence-electron chi connectivity index (χ1n) is 7.57. The van der Waals surface area contributed by atoms with E-state index < -0.39 is 0 Å². The van der Waals surface area contributed by atoms with Gasteiger partial charge in [-0.05, 0) is 24.1 Å². The molecule has 0 spiro atoms. The van der Waals surface area contributed by atoms with Crippen molar-refractivity contribution in [2.24, 2.45) is 0 Å². The van der Waals surface area contributed by atoms with Gasteiger partial charge < -0.3 is 10.3 Å². The second kappa shape index (κ2) is 6.00. The maximum Gasteiger partial charge on any atom is 0.114 e.